The molecule has 0 bridgehead atoms. The Morgan fingerprint density at radius 2 is 1.66 bits per heavy atom. The first-order chi connectivity index (χ1) is 16.5. The zero-order valence-electron chi connectivity index (χ0n) is 22.3. The maximum absolute atomic E-state index is 13.5. The van der Waals surface area contributed by atoms with E-state index in [4.69, 9.17) is 0 Å². The van der Waals surface area contributed by atoms with Crippen molar-refractivity contribution in [1.82, 2.24) is 30.0 Å². The molecule has 1 atom stereocenters. The number of amides is 2. The summed E-state index contributed by atoms with van der Waals surface area (Å²) in [7, 11) is 0. The van der Waals surface area contributed by atoms with Gasteiger partial charge in [0.1, 0.15) is 12.0 Å². The maximum Gasteiger partial charge on any atom is 0.274 e. The van der Waals surface area contributed by atoms with Crippen LogP contribution in [0.1, 0.15) is 76.6 Å². The van der Waals surface area contributed by atoms with Crippen LogP contribution >= 0.6 is 0 Å². The number of carbonyl (C=O) groups excluding carboxylic acids is 2. The molecule has 8 nitrogen and oxygen atoms in total. The summed E-state index contributed by atoms with van der Waals surface area (Å²) in [5.41, 5.74) is 3.74. The van der Waals surface area contributed by atoms with E-state index in [1.807, 2.05) is 21.9 Å². The number of nitrogens with zero attached hydrogens (tertiary/aromatic N) is 6. The fourth-order valence-electron chi connectivity index (χ4n) is 4.77. The van der Waals surface area contributed by atoms with Gasteiger partial charge in [-0.05, 0) is 54.7 Å². The van der Waals surface area contributed by atoms with E-state index in [-0.39, 0.29) is 17.9 Å². The third kappa shape index (κ3) is 7.05. The van der Waals surface area contributed by atoms with Gasteiger partial charge in [-0.25, -0.2) is 9.97 Å². The maximum atomic E-state index is 13.5. The fourth-order valence-corrected chi connectivity index (χ4v) is 4.77. The summed E-state index contributed by atoms with van der Waals surface area (Å²) in [6.07, 6.45) is 4.07. The molecular weight excluding hydrogens is 440 g/mol. The minimum Gasteiger partial charge on any atom is -0.336 e. The highest BCUT2D eigenvalue weighted by atomic mass is 16.2. The quantitative estimate of drug-likeness (QED) is 0.566. The van der Waals surface area contributed by atoms with E-state index in [1.165, 1.54) is 0 Å². The van der Waals surface area contributed by atoms with Gasteiger partial charge in [0, 0.05) is 38.3 Å². The van der Waals surface area contributed by atoms with E-state index in [9.17, 15) is 9.59 Å². The Morgan fingerprint density at radius 3 is 2.29 bits per heavy atom. The number of hydrogen-bond donors (Lipinski definition) is 0. The summed E-state index contributed by atoms with van der Waals surface area (Å²) in [5, 5.41) is 8.84. The van der Waals surface area contributed by atoms with Crippen LogP contribution in [-0.2, 0) is 17.6 Å². The average molecular weight is 481 g/mol. The lowest BCUT2D eigenvalue weighted by Gasteiger charge is -2.41. The van der Waals surface area contributed by atoms with Crippen molar-refractivity contribution in [3.63, 3.8) is 0 Å². The van der Waals surface area contributed by atoms with Gasteiger partial charge < -0.3 is 9.80 Å². The highest BCUT2D eigenvalue weighted by Gasteiger charge is 2.32. The molecule has 0 spiro atoms. The lowest BCUT2D eigenvalue weighted by Crippen LogP contribution is -2.56. The van der Waals surface area contributed by atoms with E-state index in [0.717, 1.165) is 36.2 Å². The molecule has 3 heterocycles. The van der Waals surface area contributed by atoms with Crippen LogP contribution in [0.25, 0.3) is 11.4 Å². The van der Waals surface area contributed by atoms with E-state index in [1.54, 1.807) is 13.3 Å². The van der Waals surface area contributed by atoms with Gasteiger partial charge in [0.25, 0.3) is 5.91 Å². The number of piperazine rings is 1. The van der Waals surface area contributed by atoms with Gasteiger partial charge in [0.05, 0.1) is 5.69 Å². The van der Waals surface area contributed by atoms with Crippen LogP contribution in [0.3, 0.4) is 0 Å². The van der Waals surface area contributed by atoms with Crippen molar-refractivity contribution in [1.29, 1.82) is 0 Å². The van der Waals surface area contributed by atoms with Gasteiger partial charge in [-0.1, -0.05) is 41.5 Å². The van der Waals surface area contributed by atoms with Crippen molar-refractivity contribution in [3.05, 3.63) is 35.4 Å². The molecule has 2 aromatic heterocycles. The van der Waals surface area contributed by atoms with Gasteiger partial charge in [0.2, 0.25) is 5.91 Å². The largest absolute Gasteiger partial charge is 0.336 e. The fraction of sp³-hybridized carbons (Fsp3) is 0.630. The molecule has 2 amide bonds. The van der Waals surface area contributed by atoms with Crippen molar-refractivity contribution in [3.8, 4) is 11.4 Å². The van der Waals surface area contributed by atoms with Crippen LogP contribution in [0.4, 0.5) is 0 Å². The highest BCUT2D eigenvalue weighted by molar-refractivity contribution is 5.93. The minimum atomic E-state index is -0.130. The lowest BCUT2D eigenvalue weighted by molar-refractivity contribution is -0.133. The van der Waals surface area contributed by atoms with Crippen LogP contribution in [0.2, 0.25) is 0 Å². The standard InChI is InChI=1S/C27H40N6O2/c1-17(2)10-21-13-25(30-31-26(21)24-14-22(11-18(3)4)28-16-29-24)27(35)32-8-9-33(20(7)34)23(15-32)12-19(5)6/h13-14,16-19,23H,8-12,15H2,1-7H3/t23-/m0/s1. The van der Waals surface area contributed by atoms with Crippen LogP contribution < -0.4 is 0 Å². The minimum absolute atomic E-state index is 0.0213. The molecular formula is C27H40N6O2. The van der Waals surface area contributed by atoms with E-state index in [0.29, 0.717) is 48.8 Å². The predicted molar refractivity (Wildman–Crippen MR) is 137 cm³/mol. The van der Waals surface area contributed by atoms with Crippen molar-refractivity contribution in [2.75, 3.05) is 19.6 Å². The SMILES string of the molecule is CC(=O)N1CCN(C(=O)c2cc(CC(C)C)c(-c3cc(CC(C)C)ncn3)nn2)C[C@@H]1CC(C)C. The molecule has 3 rings (SSSR count). The van der Waals surface area contributed by atoms with Gasteiger partial charge in [-0.2, -0.15) is 0 Å². The first-order valence-electron chi connectivity index (χ1n) is 12.8. The molecule has 0 saturated carbocycles. The molecule has 0 aromatic carbocycles. The molecule has 0 radical (unpaired) electrons. The average Bonchev–Trinajstić information content (AvgIpc) is 2.77. The van der Waals surface area contributed by atoms with Crippen molar-refractivity contribution in [2.24, 2.45) is 17.8 Å². The van der Waals surface area contributed by atoms with Gasteiger partial charge >= 0.3 is 0 Å². The predicted octanol–water partition coefficient (Wildman–Crippen LogP) is 4.05. The number of hydrogen-bond acceptors (Lipinski definition) is 6. The summed E-state index contributed by atoms with van der Waals surface area (Å²) in [6.45, 7) is 16.1. The normalized spacial score (nSPS) is 16.5. The topological polar surface area (TPSA) is 92.2 Å². The molecule has 35 heavy (non-hydrogen) atoms. The Kier molecular flexibility index (Phi) is 8.92. The molecule has 0 N–H and O–H groups in total. The molecule has 1 fully saturated rings. The second-order valence-corrected chi connectivity index (χ2v) is 10.9. The Hall–Kier alpha value is -2.90. The zero-order chi connectivity index (χ0) is 25.7. The van der Waals surface area contributed by atoms with Crippen molar-refractivity contribution >= 4 is 11.8 Å². The highest BCUT2D eigenvalue weighted by Crippen LogP contribution is 2.24. The summed E-state index contributed by atoms with van der Waals surface area (Å²) in [5.74, 6) is 1.23. The number of carbonyl (C=O) groups is 2. The third-order valence-electron chi connectivity index (χ3n) is 6.22. The van der Waals surface area contributed by atoms with Gasteiger partial charge in [0.15, 0.2) is 5.69 Å². The van der Waals surface area contributed by atoms with Crippen LogP contribution in [0.5, 0.6) is 0 Å². The smallest absolute Gasteiger partial charge is 0.274 e. The summed E-state index contributed by atoms with van der Waals surface area (Å²) in [4.78, 5) is 38.2. The number of aromatic nitrogens is 4. The summed E-state index contributed by atoms with van der Waals surface area (Å²) >= 11 is 0. The molecule has 1 aliphatic rings. The zero-order valence-corrected chi connectivity index (χ0v) is 22.3. The van der Waals surface area contributed by atoms with Gasteiger partial charge in [-0.15, -0.1) is 10.2 Å². The van der Waals surface area contributed by atoms with E-state index >= 15 is 0 Å². The second kappa shape index (κ2) is 11.7. The first-order valence-corrected chi connectivity index (χ1v) is 12.8. The second-order valence-electron chi connectivity index (χ2n) is 10.9. The molecule has 0 unspecified atom stereocenters. The van der Waals surface area contributed by atoms with Crippen LogP contribution in [-0.4, -0.2) is 67.5 Å². The molecule has 1 aliphatic heterocycles. The molecule has 8 heteroatoms. The molecule has 2 aromatic rings. The molecule has 1 saturated heterocycles. The third-order valence-corrected chi connectivity index (χ3v) is 6.22. The van der Waals surface area contributed by atoms with E-state index in [2.05, 4.69) is 61.7 Å². The Morgan fingerprint density at radius 1 is 0.943 bits per heavy atom. The first kappa shape index (κ1) is 26.7. The van der Waals surface area contributed by atoms with E-state index < -0.39 is 0 Å². The summed E-state index contributed by atoms with van der Waals surface area (Å²) < 4.78 is 0. The Balaban J connectivity index is 1.89. The Labute approximate surface area is 209 Å². The number of rotatable bonds is 8. The van der Waals surface area contributed by atoms with Crippen molar-refractivity contribution in [2.45, 2.75) is 73.8 Å². The monoisotopic (exact) mass is 480 g/mol. The molecule has 190 valence electrons. The lowest BCUT2D eigenvalue weighted by atomic mass is 9.98. The Bertz CT molecular complexity index is 1040. The van der Waals surface area contributed by atoms with Crippen LogP contribution in [0.15, 0.2) is 18.5 Å². The van der Waals surface area contributed by atoms with Crippen LogP contribution in [0, 0.1) is 17.8 Å². The van der Waals surface area contributed by atoms with Gasteiger partial charge in [-0.3, -0.25) is 9.59 Å². The molecule has 0 aliphatic carbocycles. The summed E-state index contributed by atoms with van der Waals surface area (Å²) in [6, 6.07) is 3.88. The van der Waals surface area contributed by atoms with Crippen molar-refractivity contribution < 1.29 is 9.59 Å².